The van der Waals surface area contributed by atoms with E-state index in [1.807, 2.05) is 67.2 Å². The van der Waals surface area contributed by atoms with E-state index in [2.05, 4.69) is 24.0 Å². The zero-order chi connectivity index (χ0) is 17.8. The van der Waals surface area contributed by atoms with E-state index in [0.29, 0.717) is 0 Å². The average molecular weight is 351 g/mol. The molecule has 3 rings (SSSR count). The molecule has 1 aromatic heterocycles. The molecule has 4 nitrogen and oxygen atoms in total. The Labute approximate surface area is 152 Å². The highest BCUT2D eigenvalue weighted by atomic mass is 32.2. The molecule has 0 aliphatic rings. The van der Waals surface area contributed by atoms with Crippen LogP contribution in [0.2, 0.25) is 0 Å². The van der Waals surface area contributed by atoms with Crippen LogP contribution < -0.4 is 4.90 Å². The molecule has 25 heavy (non-hydrogen) atoms. The maximum absolute atomic E-state index is 12.7. The number of anilines is 1. The fourth-order valence-electron chi connectivity index (χ4n) is 2.61. The molecule has 0 N–H and O–H groups in total. The first kappa shape index (κ1) is 17.3. The van der Waals surface area contributed by atoms with Gasteiger partial charge in [0.1, 0.15) is 0 Å². The number of carbonyl (C=O) groups excluding carboxylic acids is 1. The quantitative estimate of drug-likeness (QED) is 0.642. The molecule has 1 unspecified atom stereocenters. The summed E-state index contributed by atoms with van der Waals surface area (Å²) >= 11 is 1.47. The molecule has 1 amide bonds. The Morgan fingerprint density at radius 3 is 2.64 bits per heavy atom. The minimum absolute atomic E-state index is 0.0509. The van der Waals surface area contributed by atoms with Crippen molar-refractivity contribution >= 4 is 23.4 Å². The molecular formula is C20H21N3OS. The number of thioether (sulfide) groups is 1. The summed E-state index contributed by atoms with van der Waals surface area (Å²) < 4.78 is 2.02. The van der Waals surface area contributed by atoms with E-state index in [0.717, 1.165) is 16.5 Å². The first-order chi connectivity index (χ1) is 12.1. The van der Waals surface area contributed by atoms with Gasteiger partial charge in [-0.15, -0.1) is 0 Å². The van der Waals surface area contributed by atoms with Crippen molar-refractivity contribution in [3.63, 3.8) is 0 Å². The van der Waals surface area contributed by atoms with E-state index < -0.39 is 0 Å². The Balaban J connectivity index is 1.77. The standard InChI is InChI=1S/C20H21N3OS/c1-15-8-7-11-18(14-15)23-13-12-21-20(23)25-16(2)19(24)22(3)17-9-5-4-6-10-17/h4-14,16H,1-3H3. The summed E-state index contributed by atoms with van der Waals surface area (Å²) in [6, 6.07) is 17.9. The highest BCUT2D eigenvalue weighted by Crippen LogP contribution is 2.27. The number of benzene rings is 2. The predicted molar refractivity (Wildman–Crippen MR) is 103 cm³/mol. The Morgan fingerprint density at radius 1 is 1.16 bits per heavy atom. The third kappa shape index (κ3) is 3.94. The van der Waals surface area contributed by atoms with Gasteiger partial charge in [-0.3, -0.25) is 9.36 Å². The molecule has 0 radical (unpaired) electrons. The fraction of sp³-hybridized carbons (Fsp3) is 0.200. The van der Waals surface area contributed by atoms with Gasteiger partial charge in [0.25, 0.3) is 0 Å². The van der Waals surface area contributed by atoms with Gasteiger partial charge in [-0.05, 0) is 43.7 Å². The van der Waals surface area contributed by atoms with Crippen LogP contribution in [-0.2, 0) is 4.79 Å². The molecular weight excluding hydrogens is 330 g/mol. The fourth-order valence-corrected chi connectivity index (χ4v) is 3.59. The van der Waals surface area contributed by atoms with Gasteiger partial charge in [-0.25, -0.2) is 4.98 Å². The highest BCUT2D eigenvalue weighted by molar-refractivity contribution is 8.00. The van der Waals surface area contributed by atoms with E-state index in [9.17, 15) is 4.79 Å². The van der Waals surface area contributed by atoms with Gasteiger partial charge in [0, 0.05) is 30.8 Å². The number of para-hydroxylation sites is 1. The van der Waals surface area contributed by atoms with E-state index >= 15 is 0 Å². The van der Waals surface area contributed by atoms with Gasteiger partial charge in [0.15, 0.2) is 5.16 Å². The lowest BCUT2D eigenvalue weighted by Gasteiger charge is -2.21. The van der Waals surface area contributed by atoms with Crippen LogP contribution in [0.3, 0.4) is 0 Å². The molecule has 0 bridgehead atoms. The SMILES string of the molecule is Cc1cccc(-n2ccnc2SC(C)C(=O)N(C)c2ccccc2)c1. The number of hydrogen-bond donors (Lipinski definition) is 0. The molecule has 0 aliphatic carbocycles. The molecule has 3 aromatic rings. The maximum atomic E-state index is 12.7. The van der Waals surface area contributed by atoms with Crippen molar-refractivity contribution in [2.45, 2.75) is 24.3 Å². The molecule has 0 fully saturated rings. The second-order valence-electron chi connectivity index (χ2n) is 5.91. The lowest BCUT2D eigenvalue weighted by molar-refractivity contribution is -0.117. The molecule has 1 atom stereocenters. The summed E-state index contributed by atoms with van der Waals surface area (Å²) in [6.45, 7) is 3.98. The van der Waals surface area contributed by atoms with Crippen LogP contribution in [0.5, 0.6) is 0 Å². The van der Waals surface area contributed by atoms with Crippen LogP contribution in [0.4, 0.5) is 5.69 Å². The van der Waals surface area contributed by atoms with E-state index in [4.69, 9.17) is 0 Å². The summed E-state index contributed by atoms with van der Waals surface area (Å²) in [7, 11) is 1.81. The minimum Gasteiger partial charge on any atom is -0.315 e. The Hall–Kier alpha value is -2.53. The minimum atomic E-state index is -0.240. The average Bonchev–Trinajstić information content (AvgIpc) is 3.09. The second-order valence-corrected chi connectivity index (χ2v) is 7.22. The lowest BCUT2D eigenvalue weighted by Crippen LogP contribution is -2.33. The Kier molecular flexibility index (Phi) is 5.24. The zero-order valence-corrected chi connectivity index (χ0v) is 15.4. The molecule has 0 saturated heterocycles. The third-order valence-corrected chi connectivity index (χ3v) is 5.06. The van der Waals surface area contributed by atoms with Gasteiger partial charge < -0.3 is 4.90 Å². The first-order valence-corrected chi connectivity index (χ1v) is 9.04. The van der Waals surface area contributed by atoms with Crippen LogP contribution in [0.1, 0.15) is 12.5 Å². The summed E-state index contributed by atoms with van der Waals surface area (Å²) in [5.41, 5.74) is 3.13. The lowest BCUT2D eigenvalue weighted by atomic mass is 10.2. The maximum Gasteiger partial charge on any atom is 0.240 e. The number of aryl methyl sites for hydroxylation is 1. The van der Waals surface area contributed by atoms with Gasteiger partial charge in [0.2, 0.25) is 5.91 Å². The van der Waals surface area contributed by atoms with Crippen LogP contribution in [0.25, 0.3) is 5.69 Å². The Bertz CT molecular complexity index is 860. The van der Waals surface area contributed by atoms with Crippen molar-refractivity contribution in [3.8, 4) is 5.69 Å². The number of hydrogen-bond acceptors (Lipinski definition) is 3. The first-order valence-electron chi connectivity index (χ1n) is 8.16. The van der Waals surface area contributed by atoms with Crippen molar-refractivity contribution < 1.29 is 4.79 Å². The number of aromatic nitrogens is 2. The molecule has 128 valence electrons. The number of carbonyl (C=O) groups is 1. The van der Waals surface area contributed by atoms with Crippen LogP contribution in [-0.4, -0.2) is 27.8 Å². The predicted octanol–water partition coefficient (Wildman–Crippen LogP) is 4.32. The van der Waals surface area contributed by atoms with Crippen molar-refractivity contribution in [1.82, 2.24) is 9.55 Å². The van der Waals surface area contributed by atoms with E-state index in [1.54, 1.807) is 11.1 Å². The summed E-state index contributed by atoms with van der Waals surface area (Å²) in [4.78, 5) is 18.9. The third-order valence-electron chi connectivity index (χ3n) is 3.99. The van der Waals surface area contributed by atoms with Crippen LogP contribution in [0, 0.1) is 6.92 Å². The summed E-state index contributed by atoms with van der Waals surface area (Å²) in [6.07, 6.45) is 3.69. The van der Waals surface area contributed by atoms with Crippen LogP contribution >= 0.6 is 11.8 Å². The van der Waals surface area contributed by atoms with Crippen molar-refractivity contribution in [2.75, 3.05) is 11.9 Å². The van der Waals surface area contributed by atoms with E-state index in [-0.39, 0.29) is 11.2 Å². The number of rotatable bonds is 5. The number of nitrogens with zero attached hydrogens (tertiary/aromatic N) is 3. The van der Waals surface area contributed by atoms with Gasteiger partial charge in [0.05, 0.1) is 5.25 Å². The van der Waals surface area contributed by atoms with Crippen molar-refractivity contribution in [3.05, 3.63) is 72.6 Å². The van der Waals surface area contributed by atoms with Gasteiger partial charge in [-0.1, -0.05) is 42.1 Å². The normalized spacial score (nSPS) is 12.0. The molecule has 0 spiro atoms. The molecule has 1 heterocycles. The Morgan fingerprint density at radius 2 is 1.92 bits per heavy atom. The zero-order valence-electron chi connectivity index (χ0n) is 14.6. The van der Waals surface area contributed by atoms with E-state index in [1.165, 1.54) is 17.3 Å². The topological polar surface area (TPSA) is 38.1 Å². The molecule has 0 aliphatic heterocycles. The largest absolute Gasteiger partial charge is 0.315 e. The smallest absolute Gasteiger partial charge is 0.240 e. The van der Waals surface area contributed by atoms with Gasteiger partial charge in [-0.2, -0.15) is 0 Å². The summed E-state index contributed by atoms with van der Waals surface area (Å²) in [5, 5.41) is 0.573. The van der Waals surface area contributed by atoms with Crippen LogP contribution in [0.15, 0.2) is 72.1 Å². The van der Waals surface area contributed by atoms with Gasteiger partial charge >= 0.3 is 0 Å². The molecule has 5 heteroatoms. The molecule has 0 saturated carbocycles. The molecule has 2 aromatic carbocycles. The monoisotopic (exact) mass is 351 g/mol. The van der Waals surface area contributed by atoms with Crippen molar-refractivity contribution in [2.24, 2.45) is 0 Å². The number of amides is 1. The second kappa shape index (κ2) is 7.57. The highest BCUT2D eigenvalue weighted by Gasteiger charge is 2.22. The number of imidazole rings is 1. The van der Waals surface area contributed by atoms with Crippen molar-refractivity contribution in [1.29, 1.82) is 0 Å². The summed E-state index contributed by atoms with van der Waals surface area (Å²) in [5.74, 6) is 0.0509.